The number of hydrogen-bond donors (Lipinski definition) is 1. The molecule has 0 bridgehead atoms. The third-order valence-corrected chi connectivity index (χ3v) is 0.175. The topological polar surface area (TPSA) is 37.3 Å². The van der Waals surface area contributed by atoms with Crippen molar-refractivity contribution in [2.24, 2.45) is 0 Å². The van der Waals surface area contributed by atoms with Crippen LogP contribution in [0.3, 0.4) is 0 Å². The maximum Gasteiger partial charge on any atom is 1.00 e. The molecule has 0 aliphatic rings. The van der Waals surface area contributed by atoms with Crippen molar-refractivity contribution in [2.45, 2.75) is 6.92 Å². The summed E-state index contributed by atoms with van der Waals surface area (Å²) in [6.07, 6.45) is 2.58. The number of aliphatic carboxylic acids is 1. The summed E-state index contributed by atoms with van der Waals surface area (Å²) in [6, 6.07) is 0. The van der Waals surface area contributed by atoms with Crippen LogP contribution in [0.2, 0.25) is 0 Å². The third-order valence-electron chi connectivity index (χ3n) is 0.175. The summed E-state index contributed by atoms with van der Waals surface area (Å²) in [5.41, 5.74) is 0. The molecule has 0 aliphatic carbocycles. The van der Waals surface area contributed by atoms with Gasteiger partial charge in [-0.3, -0.25) is 0 Å². The zero-order valence-corrected chi connectivity index (χ0v) is 10.4. The minimum absolute atomic E-state index is 0. The van der Waals surface area contributed by atoms with Gasteiger partial charge in [-0.15, -0.1) is 31.4 Å². The molecule has 0 atom stereocenters. The zero-order valence-electron chi connectivity index (χ0n) is 7.74. The van der Waals surface area contributed by atoms with Crippen LogP contribution in [0.1, 0.15) is 8.35 Å². The second kappa shape index (κ2) is 31.3. The van der Waals surface area contributed by atoms with Crippen molar-refractivity contribution in [1.82, 2.24) is 0 Å². The summed E-state index contributed by atoms with van der Waals surface area (Å²) in [5.74, 6) is -0.981. The molecular weight excluding hydrogens is 198 g/mol. The van der Waals surface area contributed by atoms with Crippen molar-refractivity contribution in [2.75, 3.05) is 0 Å². The Morgan fingerprint density at radius 1 is 1.45 bits per heavy atom. The quantitative estimate of drug-likeness (QED) is 0.357. The van der Waals surface area contributed by atoms with Crippen molar-refractivity contribution in [3.05, 3.63) is 25.3 Å². The normalized spacial score (nSPS) is 4.09. The van der Waals surface area contributed by atoms with E-state index in [4.69, 9.17) is 5.11 Å². The van der Waals surface area contributed by atoms with E-state index in [0.29, 0.717) is 0 Å². The van der Waals surface area contributed by atoms with E-state index in [1.807, 2.05) is 6.92 Å². The largest absolute Gasteiger partial charge is 1.00 e. The number of carboxylic acids is 1. The molecule has 11 heavy (non-hydrogen) atoms. The van der Waals surface area contributed by atoms with Gasteiger partial charge in [0.2, 0.25) is 0 Å². The standard InChI is InChI=1S/C3H4O2.C3H6.2ClH.Na.H/c1-2-3(4)5;1-3-2;;;;/h2H,1H2,(H,4,5);3H,1H2,2H3;2*1H;;/q;;;;+1;-1. The Morgan fingerprint density at radius 3 is 1.55 bits per heavy atom. The molecule has 0 saturated heterocycles. The number of rotatable bonds is 1. The summed E-state index contributed by atoms with van der Waals surface area (Å²) in [6.45, 7) is 8.21. The van der Waals surface area contributed by atoms with Gasteiger partial charge in [0.1, 0.15) is 0 Å². The van der Waals surface area contributed by atoms with Crippen LogP contribution in [0.4, 0.5) is 0 Å². The Balaban J connectivity index is -0.0000000119. The van der Waals surface area contributed by atoms with E-state index in [0.717, 1.165) is 6.08 Å². The van der Waals surface area contributed by atoms with E-state index in [1.54, 1.807) is 6.08 Å². The first-order valence-electron chi connectivity index (χ1n) is 2.11. The Hall–Kier alpha value is 0.530. The number of carboxylic acid groups (broad SMARTS) is 1. The number of allylic oxidation sites excluding steroid dienone is 1. The molecule has 0 aromatic heterocycles. The second-order valence-corrected chi connectivity index (χ2v) is 0.951. The molecular formula is C6H13Cl2NaO2. The Kier molecular flexibility index (Phi) is 85.2. The minimum Gasteiger partial charge on any atom is -1.00 e. The fourth-order valence-corrected chi connectivity index (χ4v) is 0. The molecule has 2 nitrogen and oxygen atoms in total. The SMILES string of the molecule is C=CC.C=CC(=O)O.Cl.Cl.[H-].[Na+]. The fraction of sp³-hybridized carbons (Fsp3) is 0.167. The molecule has 0 saturated carbocycles. The first kappa shape index (κ1) is 30.0. The maximum absolute atomic E-state index is 9.25. The minimum atomic E-state index is -0.981. The van der Waals surface area contributed by atoms with Gasteiger partial charge in [-0.05, 0) is 6.92 Å². The molecule has 0 aromatic carbocycles. The smallest absolute Gasteiger partial charge is 1.00 e. The zero-order chi connectivity index (χ0) is 6.99. The summed E-state index contributed by atoms with van der Waals surface area (Å²) in [5, 5.41) is 7.60. The van der Waals surface area contributed by atoms with E-state index in [-0.39, 0.29) is 55.8 Å². The molecule has 0 amide bonds. The van der Waals surface area contributed by atoms with Crippen LogP contribution >= 0.6 is 24.8 Å². The van der Waals surface area contributed by atoms with Crippen LogP contribution in [0.25, 0.3) is 0 Å². The van der Waals surface area contributed by atoms with E-state index >= 15 is 0 Å². The van der Waals surface area contributed by atoms with Gasteiger partial charge in [-0.2, -0.15) is 0 Å². The summed E-state index contributed by atoms with van der Waals surface area (Å²) < 4.78 is 0. The molecule has 64 valence electrons. The first-order valence-corrected chi connectivity index (χ1v) is 2.11. The Bertz CT molecular complexity index is 102. The van der Waals surface area contributed by atoms with Gasteiger partial charge in [0.25, 0.3) is 0 Å². The summed E-state index contributed by atoms with van der Waals surface area (Å²) in [4.78, 5) is 9.25. The fourth-order valence-electron chi connectivity index (χ4n) is 0. The average molecular weight is 211 g/mol. The van der Waals surface area contributed by atoms with Gasteiger partial charge in [0.05, 0.1) is 0 Å². The number of halogens is 2. The number of hydrogen-bond acceptors (Lipinski definition) is 1. The van der Waals surface area contributed by atoms with E-state index in [2.05, 4.69) is 13.2 Å². The molecule has 1 N–H and O–H groups in total. The first-order chi connectivity index (χ1) is 3.68. The predicted molar refractivity (Wildman–Crippen MR) is 49.3 cm³/mol. The van der Waals surface area contributed by atoms with Gasteiger partial charge in [0.15, 0.2) is 0 Å². The molecule has 0 unspecified atom stereocenters. The van der Waals surface area contributed by atoms with Gasteiger partial charge < -0.3 is 6.53 Å². The molecule has 0 radical (unpaired) electrons. The van der Waals surface area contributed by atoms with Crippen LogP contribution in [0.5, 0.6) is 0 Å². The van der Waals surface area contributed by atoms with Gasteiger partial charge >= 0.3 is 35.5 Å². The molecule has 0 aliphatic heterocycles. The average Bonchev–Trinajstić information content (AvgIpc) is 1.69. The molecule has 0 heterocycles. The van der Waals surface area contributed by atoms with Crippen molar-refractivity contribution in [3.63, 3.8) is 0 Å². The van der Waals surface area contributed by atoms with Crippen LogP contribution in [0, 0.1) is 0 Å². The maximum atomic E-state index is 9.25. The van der Waals surface area contributed by atoms with Crippen LogP contribution < -0.4 is 29.6 Å². The summed E-state index contributed by atoms with van der Waals surface area (Å²) >= 11 is 0. The van der Waals surface area contributed by atoms with E-state index in [1.165, 1.54) is 0 Å². The molecule has 0 spiro atoms. The van der Waals surface area contributed by atoms with Gasteiger partial charge in [-0.25, -0.2) is 4.79 Å². The van der Waals surface area contributed by atoms with Gasteiger partial charge in [-0.1, -0.05) is 12.7 Å². The van der Waals surface area contributed by atoms with Gasteiger partial charge in [0, 0.05) is 6.08 Å². The molecule has 0 rings (SSSR count). The van der Waals surface area contributed by atoms with Crippen molar-refractivity contribution in [3.8, 4) is 0 Å². The van der Waals surface area contributed by atoms with Crippen LogP contribution in [0.15, 0.2) is 25.3 Å². The molecule has 0 fully saturated rings. The van der Waals surface area contributed by atoms with E-state index < -0.39 is 5.97 Å². The Labute approximate surface area is 103 Å². The predicted octanol–water partition coefficient (Wildman–Crippen LogP) is -0.591. The third kappa shape index (κ3) is 120. The van der Waals surface area contributed by atoms with E-state index in [9.17, 15) is 4.79 Å². The van der Waals surface area contributed by atoms with Crippen LogP contribution in [-0.2, 0) is 4.79 Å². The second-order valence-electron chi connectivity index (χ2n) is 0.951. The molecule has 5 heteroatoms. The number of carbonyl (C=O) groups is 1. The summed E-state index contributed by atoms with van der Waals surface area (Å²) in [7, 11) is 0. The van der Waals surface area contributed by atoms with Crippen molar-refractivity contribution >= 4 is 30.8 Å². The van der Waals surface area contributed by atoms with Crippen molar-refractivity contribution in [1.29, 1.82) is 0 Å². The van der Waals surface area contributed by atoms with Crippen molar-refractivity contribution < 1.29 is 40.9 Å². The molecule has 0 aromatic rings. The monoisotopic (exact) mass is 210 g/mol. The van der Waals surface area contributed by atoms with Crippen LogP contribution in [-0.4, -0.2) is 11.1 Å². The Morgan fingerprint density at radius 2 is 1.55 bits per heavy atom.